The van der Waals surface area contributed by atoms with E-state index in [1.165, 1.54) is 52.7 Å². The molecule has 11 heteroatoms. The van der Waals surface area contributed by atoms with Crippen molar-refractivity contribution < 1.29 is 32.3 Å². The molecule has 0 saturated heterocycles. The fourth-order valence-corrected chi connectivity index (χ4v) is 4.81. The molecule has 3 aromatic rings. The lowest BCUT2D eigenvalue weighted by molar-refractivity contribution is -0.385. The van der Waals surface area contributed by atoms with Gasteiger partial charge in [0.15, 0.2) is 23.0 Å². The molecule has 10 nitrogen and oxygen atoms in total. The van der Waals surface area contributed by atoms with Crippen molar-refractivity contribution in [2.24, 2.45) is 0 Å². The average molecular weight is 489 g/mol. The Morgan fingerprint density at radius 2 is 1.38 bits per heavy atom. The summed E-state index contributed by atoms with van der Waals surface area (Å²) in [6.07, 6.45) is 0. The van der Waals surface area contributed by atoms with E-state index in [0.29, 0.717) is 28.6 Å². The summed E-state index contributed by atoms with van der Waals surface area (Å²) in [5.41, 5.74) is 0.542. The highest BCUT2D eigenvalue weighted by Crippen LogP contribution is 2.36. The Bertz CT molecular complexity index is 1290. The molecule has 0 N–H and O–H groups in total. The normalized spacial score (nSPS) is 10.9. The van der Waals surface area contributed by atoms with Gasteiger partial charge < -0.3 is 18.9 Å². The van der Waals surface area contributed by atoms with Gasteiger partial charge in [-0.15, -0.1) is 0 Å². The molecule has 0 heterocycles. The SMILES string of the molecule is COc1ccc(CN(c2ccc(OC)c(OC)c2)S(=O)(=O)c2cccc([N+](=O)[O-])c2)cc1OC. The monoisotopic (exact) mass is 488 g/mol. The van der Waals surface area contributed by atoms with E-state index in [9.17, 15) is 18.5 Å². The molecule has 0 aliphatic heterocycles. The van der Waals surface area contributed by atoms with Crippen LogP contribution in [0.1, 0.15) is 5.56 Å². The quantitative estimate of drug-likeness (QED) is 0.310. The number of nitrogens with zero attached hydrogens (tertiary/aromatic N) is 2. The zero-order valence-corrected chi connectivity index (χ0v) is 19.9. The van der Waals surface area contributed by atoms with Gasteiger partial charge in [0.1, 0.15) is 0 Å². The standard InChI is InChI=1S/C23H24N2O8S/c1-30-20-10-8-16(12-22(20)32-3)15-24(17-9-11-21(31-2)23(14-17)33-4)34(28,29)19-7-5-6-18(13-19)25(26)27/h5-14H,15H2,1-4H3. The fraction of sp³-hybridized carbons (Fsp3) is 0.217. The van der Waals surface area contributed by atoms with Gasteiger partial charge in [-0.1, -0.05) is 12.1 Å². The van der Waals surface area contributed by atoms with Crippen LogP contribution in [-0.2, 0) is 16.6 Å². The molecule has 3 rings (SSSR count). The number of nitro groups is 1. The summed E-state index contributed by atoms with van der Waals surface area (Å²) < 4.78 is 49.8. The summed E-state index contributed by atoms with van der Waals surface area (Å²) in [5, 5.41) is 11.2. The number of anilines is 1. The van der Waals surface area contributed by atoms with Crippen molar-refractivity contribution in [2.75, 3.05) is 32.7 Å². The minimum atomic E-state index is -4.23. The predicted octanol–water partition coefficient (Wildman–Crippen LogP) is 4.02. The van der Waals surface area contributed by atoms with Crippen LogP contribution >= 0.6 is 0 Å². The molecule has 0 spiro atoms. The first-order chi connectivity index (χ1) is 16.2. The number of hydrogen-bond acceptors (Lipinski definition) is 8. The van der Waals surface area contributed by atoms with Gasteiger partial charge in [-0.25, -0.2) is 8.42 Å². The number of nitro benzene ring substituents is 1. The molecule has 3 aromatic carbocycles. The Hall–Kier alpha value is -3.99. The summed E-state index contributed by atoms with van der Waals surface area (Å²) in [4.78, 5) is 10.4. The third-order valence-electron chi connectivity index (χ3n) is 5.05. The second-order valence-corrected chi connectivity index (χ2v) is 8.86. The van der Waals surface area contributed by atoms with E-state index in [4.69, 9.17) is 18.9 Å². The Morgan fingerprint density at radius 3 is 1.97 bits per heavy atom. The van der Waals surface area contributed by atoms with E-state index in [1.54, 1.807) is 30.3 Å². The molecule has 0 aliphatic rings. The number of ether oxygens (including phenoxy) is 4. The second kappa shape index (κ2) is 10.3. The van der Waals surface area contributed by atoms with Crippen LogP contribution in [-0.4, -0.2) is 41.8 Å². The number of hydrogen-bond donors (Lipinski definition) is 0. The molecule has 0 aromatic heterocycles. The van der Waals surface area contributed by atoms with Gasteiger partial charge in [-0.05, 0) is 35.9 Å². The maximum Gasteiger partial charge on any atom is 0.270 e. The third-order valence-corrected chi connectivity index (χ3v) is 6.82. The molecule has 0 unspecified atom stereocenters. The van der Waals surface area contributed by atoms with E-state index in [2.05, 4.69) is 0 Å². The summed E-state index contributed by atoms with van der Waals surface area (Å²) >= 11 is 0. The van der Waals surface area contributed by atoms with Gasteiger partial charge >= 0.3 is 0 Å². The lowest BCUT2D eigenvalue weighted by atomic mass is 10.2. The van der Waals surface area contributed by atoms with Crippen LogP contribution in [0.2, 0.25) is 0 Å². The average Bonchev–Trinajstić information content (AvgIpc) is 2.86. The zero-order valence-electron chi connectivity index (χ0n) is 19.0. The first kappa shape index (κ1) is 24.6. The van der Waals surface area contributed by atoms with Gasteiger partial charge in [0.05, 0.1) is 50.5 Å². The van der Waals surface area contributed by atoms with E-state index in [0.717, 1.165) is 10.4 Å². The van der Waals surface area contributed by atoms with E-state index >= 15 is 0 Å². The molecule has 0 saturated carbocycles. The maximum absolute atomic E-state index is 13.7. The number of non-ortho nitro benzene ring substituents is 1. The van der Waals surface area contributed by atoms with Crippen molar-refractivity contribution in [1.29, 1.82) is 0 Å². The third kappa shape index (κ3) is 4.99. The van der Waals surface area contributed by atoms with Gasteiger partial charge in [0.25, 0.3) is 15.7 Å². The molecule has 180 valence electrons. The van der Waals surface area contributed by atoms with E-state index in [-0.39, 0.29) is 22.8 Å². The topological polar surface area (TPSA) is 117 Å². The highest BCUT2D eigenvalue weighted by atomic mass is 32.2. The molecule has 0 radical (unpaired) electrons. The van der Waals surface area contributed by atoms with E-state index in [1.807, 2.05) is 0 Å². The van der Waals surface area contributed by atoms with Crippen LogP contribution in [0, 0.1) is 10.1 Å². The van der Waals surface area contributed by atoms with Crippen molar-refractivity contribution in [3.05, 3.63) is 76.3 Å². The van der Waals surface area contributed by atoms with Crippen molar-refractivity contribution in [3.63, 3.8) is 0 Å². The lowest BCUT2D eigenvalue weighted by Crippen LogP contribution is -2.30. The van der Waals surface area contributed by atoms with Crippen LogP contribution in [0.4, 0.5) is 11.4 Å². The van der Waals surface area contributed by atoms with Crippen LogP contribution in [0.15, 0.2) is 65.6 Å². The maximum atomic E-state index is 13.7. The summed E-state index contributed by atoms with van der Waals surface area (Å²) in [7, 11) is 1.66. The lowest BCUT2D eigenvalue weighted by Gasteiger charge is -2.26. The highest BCUT2D eigenvalue weighted by Gasteiger charge is 2.28. The van der Waals surface area contributed by atoms with Crippen molar-refractivity contribution in [3.8, 4) is 23.0 Å². The Balaban J connectivity index is 2.16. The first-order valence-corrected chi connectivity index (χ1v) is 11.4. The highest BCUT2D eigenvalue weighted by molar-refractivity contribution is 7.92. The van der Waals surface area contributed by atoms with Crippen LogP contribution in [0.25, 0.3) is 0 Å². The molecule has 0 atom stereocenters. The Labute approximate surface area is 197 Å². The van der Waals surface area contributed by atoms with Crippen molar-refractivity contribution in [2.45, 2.75) is 11.4 Å². The van der Waals surface area contributed by atoms with Crippen LogP contribution in [0.3, 0.4) is 0 Å². The summed E-state index contributed by atoms with van der Waals surface area (Å²) in [6.45, 7) is -0.0964. The number of sulfonamides is 1. The summed E-state index contributed by atoms with van der Waals surface area (Å²) in [5.74, 6) is 1.67. The number of rotatable bonds is 10. The largest absolute Gasteiger partial charge is 0.493 e. The Morgan fingerprint density at radius 1 is 0.794 bits per heavy atom. The van der Waals surface area contributed by atoms with Crippen molar-refractivity contribution >= 4 is 21.4 Å². The minimum Gasteiger partial charge on any atom is -0.493 e. The molecular formula is C23H24N2O8S. The van der Waals surface area contributed by atoms with Crippen LogP contribution in [0.5, 0.6) is 23.0 Å². The van der Waals surface area contributed by atoms with E-state index < -0.39 is 14.9 Å². The zero-order chi connectivity index (χ0) is 24.9. The van der Waals surface area contributed by atoms with Gasteiger partial charge in [-0.3, -0.25) is 14.4 Å². The first-order valence-electron chi connectivity index (χ1n) is 9.95. The Kier molecular flexibility index (Phi) is 7.47. The molecule has 0 bridgehead atoms. The predicted molar refractivity (Wildman–Crippen MR) is 126 cm³/mol. The fourth-order valence-electron chi connectivity index (χ4n) is 3.32. The second-order valence-electron chi connectivity index (χ2n) is 6.99. The molecule has 0 fully saturated rings. The van der Waals surface area contributed by atoms with Crippen molar-refractivity contribution in [1.82, 2.24) is 0 Å². The molecular weight excluding hydrogens is 464 g/mol. The smallest absolute Gasteiger partial charge is 0.270 e. The van der Waals surface area contributed by atoms with Gasteiger partial charge in [-0.2, -0.15) is 0 Å². The van der Waals surface area contributed by atoms with Gasteiger partial charge in [0.2, 0.25) is 0 Å². The minimum absolute atomic E-state index is 0.0964. The molecule has 0 amide bonds. The number of methoxy groups -OCH3 is 4. The van der Waals surface area contributed by atoms with Crippen LogP contribution < -0.4 is 23.3 Å². The summed E-state index contributed by atoms with van der Waals surface area (Å²) in [6, 6.07) is 14.6. The van der Waals surface area contributed by atoms with Gasteiger partial charge in [0, 0.05) is 18.2 Å². The molecule has 0 aliphatic carbocycles. The molecule has 34 heavy (non-hydrogen) atoms. The number of benzene rings is 3.